The lowest BCUT2D eigenvalue weighted by Crippen LogP contribution is -2.23. The van der Waals surface area contributed by atoms with Crippen molar-refractivity contribution >= 4 is 5.97 Å². The van der Waals surface area contributed by atoms with Gasteiger partial charge in [-0.3, -0.25) is 4.79 Å². The summed E-state index contributed by atoms with van der Waals surface area (Å²) >= 11 is 0. The number of hydrogen-bond donors (Lipinski definition) is 2. The molecule has 1 aromatic rings. The maximum atomic E-state index is 10.6. The molecule has 2 rings (SSSR count). The van der Waals surface area contributed by atoms with Crippen molar-refractivity contribution in [3.8, 4) is 0 Å². The first kappa shape index (κ1) is 15.0. The summed E-state index contributed by atoms with van der Waals surface area (Å²) < 4.78 is 5.19. The minimum atomic E-state index is -0.731. The van der Waals surface area contributed by atoms with Gasteiger partial charge in [0.15, 0.2) is 5.82 Å². The van der Waals surface area contributed by atoms with Crippen LogP contribution in [0.2, 0.25) is 0 Å². The quantitative estimate of drug-likeness (QED) is 0.675. The van der Waals surface area contributed by atoms with E-state index in [0.29, 0.717) is 24.7 Å². The minimum absolute atomic E-state index is 0.0296. The van der Waals surface area contributed by atoms with Crippen LogP contribution in [-0.2, 0) is 11.3 Å². The third-order valence-corrected chi connectivity index (χ3v) is 3.69. The number of carbonyl (C=O) groups is 1. The number of carboxylic acids is 1. The van der Waals surface area contributed by atoms with E-state index in [-0.39, 0.29) is 11.8 Å². The van der Waals surface area contributed by atoms with E-state index in [9.17, 15) is 4.79 Å². The molecule has 0 aromatic carbocycles. The van der Waals surface area contributed by atoms with Gasteiger partial charge in [0.25, 0.3) is 0 Å². The highest BCUT2D eigenvalue weighted by Gasteiger charge is 2.29. The number of aromatic nitrogens is 2. The lowest BCUT2D eigenvalue weighted by Gasteiger charge is -2.23. The Kier molecular flexibility index (Phi) is 4.75. The number of rotatable bonds is 9. The van der Waals surface area contributed by atoms with Crippen LogP contribution in [-0.4, -0.2) is 27.8 Å². The van der Waals surface area contributed by atoms with Crippen molar-refractivity contribution in [2.75, 3.05) is 6.54 Å². The molecule has 1 heterocycles. The molecule has 20 heavy (non-hydrogen) atoms. The molecule has 0 aliphatic heterocycles. The molecule has 1 saturated carbocycles. The fourth-order valence-corrected chi connectivity index (χ4v) is 2.03. The number of hydrogen-bond acceptors (Lipinski definition) is 5. The highest BCUT2D eigenvalue weighted by atomic mass is 16.5. The molecule has 0 atom stereocenters. The van der Waals surface area contributed by atoms with E-state index in [1.54, 1.807) is 0 Å². The predicted octanol–water partition coefficient (Wildman–Crippen LogP) is 2.32. The second kappa shape index (κ2) is 6.35. The monoisotopic (exact) mass is 281 g/mol. The Bertz CT molecular complexity index is 452. The van der Waals surface area contributed by atoms with E-state index >= 15 is 0 Å². The summed E-state index contributed by atoms with van der Waals surface area (Å²) in [7, 11) is 0. The molecule has 112 valence electrons. The van der Waals surface area contributed by atoms with E-state index in [1.807, 2.05) is 0 Å². The van der Waals surface area contributed by atoms with Crippen molar-refractivity contribution in [3.05, 3.63) is 11.7 Å². The van der Waals surface area contributed by atoms with Crippen LogP contribution >= 0.6 is 0 Å². The van der Waals surface area contributed by atoms with Gasteiger partial charge in [-0.2, -0.15) is 4.98 Å². The fourth-order valence-electron chi connectivity index (χ4n) is 2.03. The second-order valence-corrected chi connectivity index (χ2v) is 6.31. The van der Waals surface area contributed by atoms with Gasteiger partial charge in [0.2, 0.25) is 5.89 Å². The minimum Gasteiger partial charge on any atom is -0.481 e. The second-order valence-electron chi connectivity index (χ2n) is 6.31. The molecule has 0 spiro atoms. The third-order valence-electron chi connectivity index (χ3n) is 3.69. The van der Waals surface area contributed by atoms with Crippen LogP contribution in [0.1, 0.15) is 63.6 Å². The zero-order valence-corrected chi connectivity index (χ0v) is 12.2. The van der Waals surface area contributed by atoms with Gasteiger partial charge in [-0.25, -0.2) is 0 Å². The highest BCUT2D eigenvalue weighted by molar-refractivity contribution is 5.66. The van der Waals surface area contributed by atoms with Crippen LogP contribution in [0, 0.1) is 5.41 Å². The van der Waals surface area contributed by atoms with Gasteiger partial charge in [-0.05, 0) is 37.6 Å². The van der Waals surface area contributed by atoms with Crippen molar-refractivity contribution < 1.29 is 14.4 Å². The summed E-state index contributed by atoms with van der Waals surface area (Å²) in [4.78, 5) is 14.9. The van der Waals surface area contributed by atoms with Crippen molar-refractivity contribution in [3.63, 3.8) is 0 Å². The van der Waals surface area contributed by atoms with Crippen molar-refractivity contribution in [1.29, 1.82) is 0 Å². The summed E-state index contributed by atoms with van der Waals surface area (Å²) in [5.41, 5.74) is 0.0296. The van der Waals surface area contributed by atoms with Crippen molar-refractivity contribution in [2.45, 2.75) is 58.4 Å². The van der Waals surface area contributed by atoms with Gasteiger partial charge in [0, 0.05) is 12.3 Å². The number of carboxylic acid groups (broad SMARTS) is 1. The normalized spacial score (nSPS) is 15.5. The Morgan fingerprint density at radius 2 is 2.20 bits per heavy atom. The van der Waals surface area contributed by atoms with Gasteiger partial charge in [0.1, 0.15) is 0 Å². The highest BCUT2D eigenvalue weighted by Crippen LogP contribution is 2.38. The third kappa shape index (κ3) is 4.92. The maximum absolute atomic E-state index is 10.6. The Hall–Kier alpha value is -1.43. The molecule has 0 radical (unpaired) electrons. The largest absolute Gasteiger partial charge is 0.481 e. The van der Waals surface area contributed by atoms with Gasteiger partial charge >= 0.3 is 5.97 Å². The molecule has 0 saturated heterocycles. The molecule has 1 aliphatic carbocycles. The molecule has 0 unspecified atom stereocenters. The van der Waals surface area contributed by atoms with Crippen LogP contribution in [0.25, 0.3) is 0 Å². The number of nitrogens with one attached hydrogen (secondary N) is 1. The topological polar surface area (TPSA) is 88.3 Å². The summed E-state index contributed by atoms with van der Waals surface area (Å²) in [6, 6.07) is 0. The van der Waals surface area contributed by atoms with Crippen molar-refractivity contribution in [1.82, 2.24) is 15.5 Å². The molecule has 6 heteroatoms. The van der Waals surface area contributed by atoms with Crippen LogP contribution in [0.3, 0.4) is 0 Å². The smallest absolute Gasteiger partial charge is 0.303 e. The predicted molar refractivity (Wildman–Crippen MR) is 73.2 cm³/mol. The first-order valence-electron chi connectivity index (χ1n) is 7.21. The average molecular weight is 281 g/mol. The molecule has 2 N–H and O–H groups in total. The molecule has 0 bridgehead atoms. The summed E-state index contributed by atoms with van der Waals surface area (Å²) in [6.07, 6.45) is 4.16. The average Bonchev–Trinajstić information content (AvgIpc) is 3.13. The Morgan fingerprint density at radius 1 is 1.45 bits per heavy atom. The summed E-state index contributed by atoms with van der Waals surface area (Å²) in [5.74, 6) is 1.23. The van der Waals surface area contributed by atoms with E-state index in [4.69, 9.17) is 9.63 Å². The Labute approximate surface area is 118 Å². The molecule has 1 fully saturated rings. The van der Waals surface area contributed by atoms with E-state index < -0.39 is 5.97 Å². The van der Waals surface area contributed by atoms with E-state index in [0.717, 1.165) is 31.7 Å². The summed E-state index contributed by atoms with van der Waals surface area (Å²) in [6.45, 7) is 5.61. The zero-order valence-electron chi connectivity index (χ0n) is 12.2. The maximum Gasteiger partial charge on any atom is 0.303 e. The van der Waals surface area contributed by atoms with Gasteiger partial charge in [-0.1, -0.05) is 19.0 Å². The molecular weight excluding hydrogens is 258 g/mol. The molecule has 1 aliphatic rings. The zero-order chi connectivity index (χ0) is 14.6. The summed E-state index contributed by atoms with van der Waals surface area (Å²) in [5, 5.41) is 15.9. The molecule has 6 nitrogen and oxygen atoms in total. The van der Waals surface area contributed by atoms with Crippen LogP contribution in [0.15, 0.2) is 4.52 Å². The van der Waals surface area contributed by atoms with E-state index in [2.05, 4.69) is 29.3 Å². The number of aliphatic carboxylic acids is 1. The van der Waals surface area contributed by atoms with Crippen LogP contribution < -0.4 is 5.32 Å². The van der Waals surface area contributed by atoms with Crippen molar-refractivity contribution in [2.24, 2.45) is 5.41 Å². The van der Waals surface area contributed by atoms with Crippen LogP contribution in [0.5, 0.6) is 0 Å². The van der Waals surface area contributed by atoms with Gasteiger partial charge in [0.05, 0.1) is 6.54 Å². The van der Waals surface area contributed by atoms with Gasteiger partial charge in [-0.15, -0.1) is 0 Å². The lowest BCUT2D eigenvalue weighted by molar-refractivity contribution is -0.137. The Balaban J connectivity index is 1.63. The van der Waals surface area contributed by atoms with Gasteiger partial charge < -0.3 is 14.9 Å². The Morgan fingerprint density at radius 3 is 2.85 bits per heavy atom. The molecule has 1 aromatic heterocycles. The van der Waals surface area contributed by atoms with E-state index in [1.165, 1.54) is 0 Å². The first-order valence-corrected chi connectivity index (χ1v) is 7.21. The fraction of sp³-hybridized carbons (Fsp3) is 0.786. The first-order chi connectivity index (χ1) is 9.46. The lowest BCUT2D eigenvalue weighted by atomic mass is 9.84. The SMILES string of the molecule is CC(C)(CCNCc1noc(C2CC2)n1)CCC(=O)O. The number of nitrogens with zero attached hydrogens (tertiary/aromatic N) is 2. The van der Waals surface area contributed by atoms with Crippen LogP contribution in [0.4, 0.5) is 0 Å². The standard InChI is InChI=1S/C14H23N3O3/c1-14(2,6-5-12(18)19)7-8-15-9-11-16-13(20-17-11)10-3-4-10/h10,15H,3-9H2,1-2H3,(H,18,19). The molecular formula is C14H23N3O3. The molecule has 0 amide bonds.